The highest BCUT2D eigenvalue weighted by molar-refractivity contribution is 8.12. The van der Waals surface area contributed by atoms with E-state index in [1.165, 1.54) is 19.3 Å². The van der Waals surface area contributed by atoms with Crippen molar-refractivity contribution in [1.82, 2.24) is 0 Å². The summed E-state index contributed by atoms with van der Waals surface area (Å²) >= 11 is 8.55. The van der Waals surface area contributed by atoms with Crippen molar-refractivity contribution in [3.05, 3.63) is 0 Å². The van der Waals surface area contributed by atoms with E-state index in [0.717, 1.165) is 6.42 Å². The molecule has 0 aliphatic carbocycles. The summed E-state index contributed by atoms with van der Waals surface area (Å²) in [5.41, 5.74) is 0. The molecule has 0 heterocycles. The van der Waals surface area contributed by atoms with Gasteiger partial charge in [-0.2, -0.15) is 0 Å². The maximum Gasteiger partial charge on any atom is 0.117 e. The Morgan fingerprint density at radius 1 is 1.50 bits per heavy atom. The predicted octanol–water partition coefficient (Wildman–Crippen LogP) is 2.83. The van der Waals surface area contributed by atoms with Crippen molar-refractivity contribution < 1.29 is 0 Å². The average molecular weight is 172 g/mol. The molecular weight excluding hydrogens is 160 g/mol. The Hall–Kier alpha value is -0.000000000000000111. The highest BCUT2D eigenvalue weighted by Gasteiger charge is 1.80. The van der Waals surface area contributed by atoms with Gasteiger partial charge in [-0.25, -0.2) is 0 Å². The molecule has 0 aromatic rings. The first kappa shape index (κ1) is 10.0. The summed E-state index contributed by atoms with van der Waals surface area (Å²) in [5.74, 6) is 5.70. The van der Waals surface area contributed by atoms with Gasteiger partial charge in [-0.05, 0) is 12.3 Å². The Kier molecular flexibility index (Phi) is 7.11. The summed E-state index contributed by atoms with van der Waals surface area (Å²) in [6, 6.07) is 0. The normalized spacial score (nSPS) is 8.20. The number of hydrogen-bond donors (Lipinski definition) is 1. The van der Waals surface area contributed by atoms with Gasteiger partial charge in [0, 0.05) is 6.42 Å². The van der Waals surface area contributed by atoms with Gasteiger partial charge in [0.25, 0.3) is 0 Å². The van der Waals surface area contributed by atoms with Crippen molar-refractivity contribution in [3.63, 3.8) is 0 Å². The average Bonchev–Trinajstić information content (AvgIpc) is 1.87. The monoisotopic (exact) mass is 172 g/mol. The standard InChI is InChI=1S/C8H12S2/c1-2-3-4-5-6-7-8(9)10/h2-5H2,1H3,(H,9,10). The van der Waals surface area contributed by atoms with Crippen molar-refractivity contribution in [2.45, 2.75) is 32.6 Å². The second kappa shape index (κ2) is 7.11. The van der Waals surface area contributed by atoms with Gasteiger partial charge in [-0.15, -0.1) is 12.6 Å². The Bertz CT molecular complexity index is 150. The molecule has 0 nitrogen and oxygen atoms in total. The van der Waals surface area contributed by atoms with Crippen LogP contribution in [0.25, 0.3) is 0 Å². The van der Waals surface area contributed by atoms with Gasteiger partial charge in [0.05, 0.1) is 0 Å². The molecule has 0 atom stereocenters. The predicted molar refractivity (Wildman–Crippen MR) is 53.5 cm³/mol. The van der Waals surface area contributed by atoms with Crippen LogP contribution in [0.2, 0.25) is 0 Å². The number of thiocarbonyl (C=S) groups is 1. The highest BCUT2D eigenvalue weighted by Crippen LogP contribution is 1.96. The molecule has 0 radical (unpaired) electrons. The number of hydrogen-bond acceptors (Lipinski definition) is 1. The third-order valence-corrected chi connectivity index (χ3v) is 1.31. The van der Waals surface area contributed by atoms with E-state index < -0.39 is 0 Å². The van der Waals surface area contributed by atoms with E-state index in [9.17, 15) is 0 Å². The first-order chi connectivity index (χ1) is 4.77. The van der Waals surface area contributed by atoms with E-state index in [4.69, 9.17) is 0 Å². The molecule has 56 valence electrons. The quantitative estimate of drug-likeness (QED) is 0.296. The zero-order valence-corrected chi connectivity index (χ0v) is 7.89. The molecule has 0 saturated carbocycles. The maximum atomic E-state index is 4.66. The Labute approximate surface area is 73.8 Å². The molecule has 0 amide bonds. The zero-order valence-electron chi connectivity index (χ0n) is 6.18. The lowest BCUT2D eigenvalue weighted by atomic mass is 10.2. The van der Waals surface area contributed by atoms with Gasteiger partial charge in [0.2, 0.25) is 0 Å². The van der Waals surface area contributed by atoms with Crippen LogP contribution in [0.5, 0.6) is 0 Å². The third-order valence-electron chi connectivity index (χ3n) is 1.10. The SMILES string of the molecule is CCCCCC#CC(=S)S. The molecular formula is C8H12S2. The number of unbranched alkanes of at least 4 members (excludes halogenated alkanes) is 3. The summed E-state index contributed by atoms with van der Waals surface area (Å²) in [6.45, 7) is 2.18. The van der Waals surface area contributed by atoms with Crippen LogP contribution in [0.15, 0.2) is 0 Å². The summed E-state index contributed by atoms with van der Waals surface area (Å²) in [5, 5.41) is 0. The fourth-order valence-electron chi connectivity index (χ4n) is 0.602. The molecule has 2 heteroatoms. The molecule has 0 aliphatic rings. The molecule has 0 unspecified atom stereocenters. The van der Waals surface area contributed by atoms with Crippen LogP contribution in [0.1, 0.15) is 32.6 Å². The van der Waals surface area contributed by atoms with E-state index >= 15 is 0 Å². The minimum Gasteiger partial charge on any atom is -0.123 e. The fourth-order valence-corrected chi connectivity index (χ4v) is 0.753. The molecule has 10 heavy (non-hydrogen) atoms. The van der Waals surface area contributed by atoms with Gasteiger partial charge >= 0.3 is 0 Å². The largest absolute Gasteiger partial charge is 0.123 e. The molecule has 0 bridgehead atoms. The van der Waals surface area contributed by atoms with Crippen LogP contribution in [-0.4, -0.2) is 4.20 Å². The minimum atomic E-state index is 0.497. The van der Waals surface area contributed by atoms with Crippen LogP contribution in [0.3, 0.4) is 0 Å². The molecule has 0 rings (SSSR count). The zero-order chi connectivity index (χ0) is 7.82. The topological polar surface area (TPSA) is 0 Å². The third kappa shape index (κ3) is 8.00. The Balaban J connectivity index is 3.20. The van der Waals surface area contributed by atoms with Crippen molar-refractivity contribution in [2.75, 3.05) is 0 Å². The lowest BCUT2D eigenvalue weighted by molar-refractivity contribution is 0.737. The van der Waals surface area contributed by atoms with E-state index in [0.29, 0.717) is 4.20 Å². The first-order valence-electron chi connectivity index (χ1n) is 3.49. The Morgan fingerprint density at radius 3 is 2.70 bits per heavy atom. The second-order valence-corrected chi connectivity index (χ2v) is 3.22. The van der Waals surface area contributed by atoms with Gasteiger partial charge in [-0.3, -0.25) is 0 Å². The van der Waals surface area contributed by atoms with Crippen LogP contribution < -0.4 is 0 Å². The van der Waals surface area contributed by atoms with E-state index in [1.807, 2.05) is 0 Å². The van der Waals surface area contributed by atoms with Crippen LogP contribution in [-0.2, 0) is 0 Å². The molecule has 0 fully saturated rings. The van der Waals surface area contributed by atoms with Crippen molar-refractivity contribution in [2.24, 2.45) is 0 Å². The van der Waals surface area contributed by atoms with Crippen LogP contribution in [0.4, 0.5) is 0 Å². The molecule has 0 aromatic carbocycles. The molecule has 0 aromatic heterocycles. The van der Waals surface area contributed by atoms with Crippen molar-refractivity contribution in [1.29, 1.82) is 0 Å². The molecule has 0 saturated heterocycles. The lowest BCUT2D eigenvalue weighted by Gasteiger charge is -1.87. The van der Waals surface area contributed by atoms with Gasteiger partial charge in [0.15, 0.2) is 0 Å². The maximum absolute atomic E-state index is 4.66. The fraction of sp³-hybridized carbons (Fsp3) is 0.625. The summed E-state index contributed by atoms with van der Waals surface area (Å²) < 4.78 is 0.497. The second-order valence-electron chi connectivity index (χ2n) is 2.06. The summed E-state index contributed by atoms with van der Waals surface area (Å²) in [6.07, 6.45) is 4.63. The number of rotatable bonds is 3. The Morgan fingerprint density at radius 2 is 2.20 bits per heavy atom. The smallest absolute Gasteiger partial charge is 0.117 e. The van der Waals surface area contributed by atoms with Crippen LogP contribution in [0, 0.1) is 11.8 Å². The van der Waals surface area contributed by atoms with E-state index in [-0.39, 0.29) is 0 Å². The van der Waals surface area contributed by atoms with Crippen molar-refractivity contribution in [3.8, 4) is 11.8 Å². The van der Waals surface area contributed by atoms with Gasteiger partial charge in [0.1, 0.15) is 4.20 Å². The van der Waals surface area contributed by atoms with E-state index in [1.54, 1.807) is 0 Å². The first-order valence-corrected chi connectivity index (χ1v) is 4.34. The van der Waals surface area contributed by atoms with Crippen molar-refractivity contribution >= 4 is 29.0 Å². The van der Waals surface area contributed by atoms with Crippen LogP contribution >= 0.6 is 24.8 Å². The molecule has 0 spiro atoms. The number of thiol groups is 1. The molecule has 0 N–H and O–H groups in total. The van der Waals surface area contributed by atoms with E-state index in [2.05, 4.69) is 43.6 Å². The molecule has 0 aliphatic heterocycles. The van der Waals surface area contributed by atoms with Gasteiger partial charge in [-0.1, -0.05) is 37.9 Å². The highest BCUT2D eigenvalue weighted by atomic mass is 32.1. The summed E-state index contributed by atoms with van der Waals surface area (Å²) in [7, 11) is 0. The lowest BCUT2D eigenvalue weighted by Crippen LogP contribution is -1.74. The van der Waals surface area contributed by atoms with Gasteiger partial charge < -0.3 is 0 Å². The minimum absolute atomic E-state index is 0.497. The summed E-state index contributed by atoms with van der Waals surface area (Å²) in [4.78, 5) is 0.